The lowest BCUT2D eigenvalue weighted by molar-refractivity contribution is 0.319. The molecule has 0 saturated carbocycles. The van der Waals surface area contributed by atoms with Crippen molar-refractivity contribution in [3.63, 3.8) is 0 Å². The first-order chi connectivity index (χ1) is 15.8. The summed E-state index contributed by atoms with van der Waals surface area (Å²) in [5, 5.41) is 13.1. The van der Waals surface area contributed by atoms with Gasteiger partial charge in [0.15, 0.2) is 0 Å². The molecule has 1 N–H and O–H groups in total. The summed E-state index contributed by atoms with van der Waals surface area (Å²) in [6, 6.07) is 13.4. The largest absolute Gasteiger partial charge is 0.411 e. The van der Waals surface area contributed by atoms with Crippen LogP contribution in [0.25, 0.3) is 23.4 Å². The third-order valence-corrected chi connectivity index (χ3v) is 8.39. The maximum absolute atomic E-state index is 9.54. The van der Waals surface area contributed by atoms with Gasteiger partial charge in [-0.3, -0.25) is 0 Å². The number of aromatic nitrogens is 1. The summed E-state index contributed by atoms with van der Waals surface area (Å²) in [5.74, 6) is 0. The van der Waals surface area contributed by atoms with E-state index in [0.29, 0.717) is 5.71 Å². The topological polar surface area (TPSA) is 37.5 Å². The molecule has 0 unspecified atom stereocenters. The minimum Gasteiger partial charge on any atom is -0.411 e. The van der Waals surface area contributed by atoms with Crippen LogP contribution < -0.4 is 0 Å². The van der Waals surface area contributed by atoms with Gasteiger partial charge in [-0.15, -0.1) is 0 Å². The van der Waals surface area contributed by atoms with Crippen LogP contribution in [-0.4, -0.2) is 15.5 Å². The highest BCUT2D eigenvalue weighted by Gasteiger charge is 2.47. The number of rotatable bonds is 4. The van der Waals surface area contributed by atoms with Gasteiger partial charge in [0.25, 0.3) is 0 Å². The van der Waals surface area contributed by atoms with E-state index in [9.17, 15) is 5.21 Å². The number of hydrogen-bond acceptors (Lipinski definition) is 2. The van der Waals surface area contributed by atoms with Crippen LogP contribution in [0.15, 0.2) is 58.9 Å². The highest BCUT2D eigenvalue weighted by Crippen LogP contribution is 2.58. The molecule has 33 heavy (non-hydrogen) atoms. The summed E-state index contributed by atoms with van der Waals surface area (Å²) in [6.07, 6.45) is 9.19. The molecule has 0 bridgehead atoms. The van der Waals surface area contributed by atoms with Crippen molar-refractivity contribution in [2.75, 3.05) is 0 Å². The van der Waals surface area contributed by atoms with Crippen molar-refractivity contribution in [2.24, 2.45) is 5.16 Å². The highest BCUT2D eigenvalue weighted by atomic mass is 16.4. The Bertz CT molecular complexity index is 1310. The summed E-state index contributed by atoms with van der Waals surface area (Å²) in [7, 11) is 0. The minimum absolute atomic E-state index is 0.0103. The average Bonchev–Trinajstić information content (AvgIpc) is 3.23. The molecule has 0 radical (unpaired) electrons. The van der Waals surface area contributed by atoms with E-state index in [-0.39, 0.29) is 10.8 Å². The SMILES string of the molecule is CCn1ccc(C(C)=NO)c2cc3c(c1-2)C=C1C(=Cc2ccccc2C1(CC)CC)C3(C)C. The zero-order valence-corrected chi connectivity index (χ0v) is 20.7. The number of aryl methyl sites for hydroxylation is 1. The predicted octanol–water partition coefficient (Wildman–Crippen LogP) is 7.64. The lowest BCUT2D eigenvalue weighted by atomic mass is 9.56. The molecule has 1 aromatic rings. The fourth-order valence-corrected chi connectivity index (χ4v) is 6.43. The number of benzene rings is 1. The number of pyridine rings is 1. The molecule has 0 spiro atoms. The van der Waals surface area contributed by atoms with Crippen molar-refractivity contribution in [1.29, 1.82) is 0 Å². The number of allylic oxidation sites excluding steroid dienone is 2. The van der Waals surface area contributed by atoms with Crippen molar-refractivity contribution < 1.29 is 5.21 Å². The molecule has 0 aromatic heterocycles. The predicted molar refractivity (Wildman–Crippen MR) is 138 cm³/mol. The minimum atomic E-state index is -0.130. The van der Waals surface area contributed by atoms with Crippen molar-refractivity contribution in [3.05, 3.63) is 81.6 Å². The molecule has 170 valence electrons. The molecule has 5 rings (SSSR count). The molecule has 1 aliphatic heterocycles. The second-order valence-corrected chi connectivity index (χ2v) is 10.1. The van der Waals surface area contributed by atoms with E-state index in [2.05, 4.69) is 99.1 Å². The van der Waals surface area contributed by atoms with Gasteiger partial charge in [0.1, 0.15) is 0 Å². The first-order valence-electron chi connectivity index (χ1n) is 12.2. The van der Waals surface area contributed by atoms with Gasteiger partial charge in [-0.25, -0.2) is 0 Å². The molecule has 1 heterocycles. The van der Waals surface area contributed by atoms with E-state index in [4.69, 9.17) is 0 Å². The quantitative estimate of drug-likeness (QED) is 0.254. The van der Waals surface area contributed by atoms with Gasteiger partial charge in [-0.05, 0) is 72.7 Å². The van der Waals surface area contributed by atoms with Crippen LogP contribution in [0.2, 0.25) is 0 Å². The molecule has 3 aliphatic carbocycles. The van der Waals surface area contributed by atoms with Gasteiger partial charge in [0, 0.05) is 40.3 Å². The Morgan fingerprint density at radius 1 is 0.970 bits per heavy atom. The van der Waals surface area contributed by atoms with E-state index >= 15 is 0 Å². The second-order valence-electron chi connectivity index (χ2n) is 10.1. The normalized spacial score (nSPS) is 18.3. The molecule has 0 fully saturated rings. The number of fused-ring (bicyclic) bond motifs is 5. The molecule has 3 nitrogen and oxygen atoms in total. The van der Waals surface area contributed by atoms with Gasteiger partial charge < -0.3 is 9.77 Å². The molecule has 0 amide bonds. The maximum Gasteiger partial charge on any atom is 0.0844 e. The Morgan fingerprint density at radius 3 is 2.36 bits per heavy atom. The van der Waals surface area contributed by atoms with Gasteiger partial charge in [0.05, 0.1) is 11.4 Å². The lowest BCUT2D eigenvalue weighted by Gasteiger charge is -2.47. The van der Waals surface area contributed by atoms with Crippen molar-refractivity contribution in [3.8, 4) is 11.3 Å². The third-order valence-electron chi connectivity index (χ3n) is 8.39. The number of oxime groups is 1. The van der Waals surface area contributed by atoms with Crippen molar-refractivity contribution >= 4 is 17.9 Å². The van der Waals surface area contributed by atoms with Gasteiger partial charge in [-0.1, -0.05) is 63.2 Å². The summed E-state index contributed by atoms with van der Waals surface area (Å²) < 4.78 is 2.33. The summed E-state index contributed by atoms with van der Waals surface area (Å²) in [6.45, 7) is 14.4. The van der Waals surface area contributed by atoms with Crippen LogP contribution in [0.1, 0.15) is 82.2 Å². The zero-order chi connectivity index (χ0) is 23.5. The summed E-state index contributed by atoms with van der Waals surface area (Å²) in [4.78, 5) is 0. The first kappa shape index (κ1) is 21.8. The average molecular weight is 439 g/mol. The number of nitrogens with zero attached hydrogens (tertiary/aromatic N) is 2. The van der Waals surface area contributed by atoms with Crippen LogP contribution >= 0.6 is 0 Å². The molecular formula is C30H34N2O. The van der Waals surface area contributed by atoms with E-state index in [1.54, 1.807) is 0 Å². The van der Waals surface area contributed by atoms with Crippen molar-refractivity contribution in [1.82, 2.24) is 4.57 Å². The fourth-order valence-electron chi connectivity index (χ4n) is 6.43. The summed E-state index contributed by atoms with van der Waals surface area (Å²) >= 11 is 0. The Labute approximate surface area is 197 Å². The smallest absolute Gasteiger partial charge is 0.0844 e. The van der Waals surface area contributed by atoms with Gasteiger partial charge in [0.2, 0.25) is 0 Å². The standard InChI is InChI=1S/C30H34N2O/c1-7-30(8-2)24-13-11-10-12-20(24)16-26-27(30)18-23-25(29(26,5)6)17-22-21(19(4)31-33)14-15-32(9-3)28(22)23/h10-18,33H,7-9H2,1-6H3. The van der Waals surface area contributed by atoms with E-state index in [0.717, 1.165) is 24.9 Å². The van der Waals surface area contributed by atoms with Crippen LogP contribution in [0, 0.1) is 0 Å². The number of hydrogen-bond donors (Lipinski definition) is 1. The molecule has 0 atom stereocenters. The molecule has 0 saturated heterocycles. The first-order valence-corrected chi connectivity index (χ1v) is 12.2. The molecular weight excluding hydrogens is 404 g/mol. The van der Waals surface area contributed by atoms with E-state index in [1.807, 2.05) is 6.92 Å². The van der Waals surface area contributed by atoms with Gasteiger partial charge in [-0.2, -0.15) is 0 Å². The monoisotopic (exact) mass is 438 g/mol. The highest BCUT2D eigenvalue weighted by molar-refractivity contribution is 6.06. The maximum atomic E-state index is 9.54. The Balaban J connectivity index is 1.90. The lowest BCUT2D eigenvalue weighted by Crippen LogP contribution is -2.38. The fraction of sp³-hybridized carbons (Fsp3) is 0.367. The van der Waals surface area contributed by atoms with Crippen LogP contribution in [0.3, 0.4) is 0 Å². The molecule has 1 aromatic carbocycles. The van der Waals surface area contributed by atoms with Crippen molar-refractivity contribution in [2.45, 2.75) is 71.8 Å². The zero-order valence-electron chi connectivity index (χ0n) is 20.7. The Hall–Kier alpha value is -3.07. The van der Waals surface area contributed by atoms with Crippen LogP contribution in [-0.2, 0) is 17.4 Å². The van der Waals surface area contributed by atoms with E-state index < -0.39 is 0 Å². The third kappa shape index (κ3) is 2.78. The van der Waals surface area contributed by atoms with Crippen LogP contribution in [0.4, 0.5) is 0 Å². The van der Waals surface area contributed by atoms with Gasteiger partial charge >= 0.3 is 0 Å². The molecule has 3 heteroatoms. The Morgan fingerprint density at radius 2 is 1.70 bits per heavy atom. The molecule has 4 aliphatic rings. The summed E-state index contributed by atoms with van der Waals surface area (Å²) in [5.41, 5.74) is 12.3. The van der Waals surface area contributed by atoms with E-state index in [1.165, 1.54) is 44.7 Å². The Kier molecular flexibility index (Phi) is 4.93. The van der Waals surface area contributed by atoms with Crippen LogP contribution in [0.5, 0.6) is 0 Å². The second kappa shape index (κ2) is 7.48.